The molecule has 0 atom stereocenters. The molecular formula is C21H28F2N3OS+. The number of rotatable bonds is 12. The number of amides is 1. The van der Waals surface area contributed by atoms with Gasteiger partial charge in [-0.2, -0.15) is 8.78 Å². The quantitative estimate of drug-likeness (QED) is 0.288. The van der Waals surface area contributed by atoms with Gasteiger partial charge in [-0.05, 0) is 24.6 Å². The zero-order valence-corrected chi connectivity index (χ0v) is 17.0. The molecule has 2 rings (SSSR count). The van der Waals surface area contributed by atoms with Gasteiger partial charge in [0.2, 0.25) is 0 Å². The summed E-state index contributed by atoms with van der Waals surface area (Å²) in [5.74, 6) is -1.35. The van der Waals surface area contributed by atoms with Crippen molar-refractivity contribution in [2.24, 2.45) is 0 Å². The summed E-state index contributed by atoms with van der Waals surface area (Å²) in [5.41, 5.74) is 5.18. The number of pyridine rings is 1. The van der Waals surface area contributed by atoms with Crippen molar-refractivity contribution in [3.05, 3.63) is 48.8 Å². The van der Waals surface area contributed by atoms with Crippen LogP contribution in [0.2, 0.25) is 0 Å². The molecule has 1 aromatic heterocycles. The molecule has 28 heavy (non-hydrogen) atoms. The second-order valence-corrected chi connectivity index (χ2v) is 7.67. The van der Waals surface area contributed by atoms with Crippen LogP contribution in [0.5, 0.6) is 0 Å². The van der Waals surface area contributed by atoms with E-state index >= 15 is 0 Å². The van der Waals surface area contributed by atoms with E-state index in [0.29, 0.717) is 5.69 Å². The van der Waals surface area contributed by atoms with Crippen molar-refractivity contribution in [3.63, 3.8) is 0 Å². The Morgan fingerprint density at radius 1 is 1.07 bits per heavy atom. The molecule has 0 radical (unpaired) electrons. The number of benzene rings is 1. The number of hydrogen-bond acceptors (Lipinski definition) is 3. The second-order valence-electron chi connectivity index (χ2n) is 6.56. The molecule has 2 N–H and O–H groups in total. The number of aromatic nitrogens is 1. The fraction of sp³-hybridized carbons (Fsp3) is 0.429. The molecular weight excluding hydrogens is 380 g/mol. The summed E-state index contributed by atoms with van der Waals surface area (Å²) in [6, 6.07) is 11.3. The molecule has 0 aliphatic carbocycles. The normalized spacial score (nSPS) is 10.9. The highest BCUT2D eigenvalue weighted by atomic mass is 32.2. The first kappa shape index (κ1) is 22.1. The molecule has 0 spiro atoms. The first-order valence-corrected chi connectivity index (χ1v) is 10.5. The van der Waals surface area contributed by atoms with Gasteiger partial charge in [0.15, 0.2) is 12.4 Å². The second kappa shape index (κ2) is 12.3. The van der Waals surface area contributed by atoms with Crippen molar-refractivity contribution in [3.8, 4) is 0 Å². The Balaban J connectivity index is 1.92. The number of para-hydroxylation sites is 1. The number of anilines is 1. The van der Waals surface area contributed by atoms with Crippen LogP contribution < -0.4 is 15.4 Å². The molecule has 0 unspecified atom stereocenters. The number of carbonyl (C=O) groups is 1. The molecule has 152 valence electrons. The lowest BCUT2D eigenvalue weighted by molar-refractivity contribution is -0.699. The van der Waals surface area contributed by atoms with E-state index in [1.807, 2.05) is 29.7 Å². The van der Waals surface area contributed by atoms with Crippen molar-refractivity contribution in [2.75, 3.05) is 5.43 Å². The Hall–Kier alpha value is -2.15. The first-order valence-electron chi connectivity index (χ1n) is 9.70. The van der Waals surface area contributed by atoms with E-state index in [1.54, 1.807) is 12.1 Å². The summed E-state index contributed by atoms with van der Waals surface area (Å²) in [4.78, 5) is 13.0. The summed E-state index contributed by atoms with van der Waals surface area (Å²) < 4.78 is 26.9. The average Bonchev–Trinajstić information content (AvgIpc) is 2.70. The van der Waals surface area contributed by atoms with Crippen molar-refractivity contribution in [1.82, 2.24) is 5.43 Å². The molecule has 0 saturated carbocycles. The molecule has 0 fully saturated rings. The molecule has 1 heterocycles. The Bertz CT molecular complexity index is 743. The van der Waals surface area contributed by atoms with Crippen molar-refractivity contribution in [2.45, 2.75) is 68.2 Å². The van der Waals surface area contributed by atoms with Crippen molar-refractivity contribution < 1.29 is 18.1 Å². The van der Waals surface area contributed by atoms with Gasteiger partial charge in [-0.15, -0.1) is 0 Å². The van der Waals surface area contributed by atoms with Crippen LogP contribution >= 0.6 is 11.8 Å². The van der Waals surface area contributed by atoms with Crippen molar-refractivity contribution >= 4 is 23.4 Å². The van der Waals surface area contributed by atoms with Crippen LogP contribution in [0.15, 0.2) is 58.6 Å². The summed E-state index contributed by atoms with van der Waals surface area (Å²) >= 11 is 1.52. The lowest BCUT2D eigenvalue weighted by atomic mass is 10.1. The van der Waals surface area contributed by atoms with Gasteiger partial charge in [0.25, 0.3) is 0 Å². The number of alkyl halides is 2. The van der Waals surface area contributed by atoms with Gasteiger partial charge >= 0.3 is 12.3 Å². The minimum atomic E-state index is -3.05. The minimum Gasteiger partial charge on any atom is -0.297 e. The smallest absolute Gasteiger partial charge is 0.297 e. The summed E-state index contributed by atoms with van der Waals surface area (Å²) in [7, 11) is 0. The van der Waals surface area contributed by atoms with E-state index in [1.165, 1.54) is 43.9 Å². The Labute approximate surface area is 169 Å². The highest BCUT2D eigenvalue weighted by Crippen LogP contribution is 2.32. The van der Waals surface area contributed by atoms with E-state index in [2.05, 4.69) is 29.3 Å². The molecule has 0 aliphatic rings. The highest BCUT2D eigenvalue weighted by Gasteiger charge is 2.15. The largest absolute Gasteiger partial charge is 0.317 e. The van der Waals surface area contributed by atoms with Crippen LogP contribution in [0.25, 0.3) is 0 Å². The molecule has 0 aliphatic heterocycles. The molecule has 4 nitrogen and oxygen atoms in total. The lowest BCUT2D eigenvalue weighted by Crippen LogP contribution is -2.34. The molecule has 2 aromatic rings. The van der Waals surface area contributed by atoms with Gasteiger partial charge in [0.05, 0.1) is 10.6 Å². The summed E-state index contributed by atoms with van der Waals surface area (Å²) in [6.45, 7) is 3.20. The van der Waals surface area contributed by atoms with E-state index < -0.39 is 12.3 Å². The van der Waals surface area contributed by atoms with Crippen LogP contribution in [0, 0.1) is 0 Å². The fourth-order valence-corrected chi connectivity index (χ4v) is 3.71. The predicted octanol–water partition coefficient (Wildman–Crippen LogP) is 5.19. The van der Waals surface area contributed by atoms with Gasteiger partial charge in [0, 0.05) is 17.4 Å². The van der Waals surface area contributed by atoms with E-state index in [4.69, 9.17) is 0 Å². The molecule has 0 saturated heterocycles. The summed E-state index contributed by atoms with van der Waals surface area (Å²) in [5, 5.41) is 0. The molecule has 0 bridgehead atoms. The van der Waals surface area contributed by atoms with Crippen LogP contribution in [0.3, 0.4) is 0 Å². The third-order valence-electron chi connectivity index (χ3n) is 4.23. The van der Waals surface area contributed by atoms with E-state index in [0.717, 1.165) is 22.8 Å². The number of aryl methyl sites for hydroxylation is 1. The molecule has 1 aromatic carbocycles. The third kappa shape index (κ3) is 7.84. The first-order chi connectivity index (χ1) is 13.6. The maximum Gasteiger partial charge on any atom is 0.317 e. The van der Waals surface area contributed by atoms with Gasteiger partial charge in [0.1, 0.15) is 6.54 Å². The molecule has 1 amide bonds. The zero-order valence-electron chi connectivity index (χ0n) is 16.2. The fourth-order valence-electron chi connectivity index (χ4n) is 2.74. The van der Waals surface area contributed by atoms with Crippen LogP contribution in [-0.4, -0.2) is 12.3 Å². The van der Waals surface area contributed by atoms with Crippen LogP contribution in [-0.2, 0) is 11.3 Å². The number of nitrogens with one attached hydrogen (secondary N) is 2. The van der Waals surface area contributed by atoms with Gasteiger partial charge < -0.3 is 0 Å². The Morgan fingerprint density at radius 3 is 2.61 bits per heavy atom. The average molecular weight is 409 g/mol. The number of halogens is 2. The maximum absolute atomic E-state index is 12.4. The summed E-state index contributed by atoms with van der Waals surface area (Å²) in [6.07, 6.45) is 8.65. The Kier molecular flexibility index (Phi) is 9.76. The van der Waals surface area contributed by atoms with E-state index in [9.17, 15) is 13.6 Å². The Morgan fingerprint density at radius 2 is 1.82 bits per heavy atom. The zero-order chi connectivity index (χ0) is 20.2. The van der Waals surface area contributed by atoms with Crippen LogP contribution in [0.1, 0.15) is 45.4 Å². The SMILES string of the molecule is CCCCCCCC[n+]1cccc(Sc2ccccc2NNC(=O)C(F)F)c1. The van der Waals surface area contributed by atoms with Gasteiger partial charge in [-0.1, -0.05) is 56.5 Å². The number of unbranched alkanes of at least 4 members (excludes halogenated alkanes) is 5. The third-order valence-corrected chi connectivity index (χ3v) is 5.29. The molecule has 7 heteroatoms. The van der Waals surface area contributed by atoms with E-state index in [-0.39, 0.29) is 0 Å². The maximum atomic E-state index is 12.4. The van der Waals surface area contributed by atoms with Gasteiger partial charge in [-0.25, -0.2) is 4.57 Å². The number of hydrazine groups is 1. The number of hydrogen-bond donors (Lipinski definition) is 2. The standard InChI is InChI=1S/C21H27F2N3OS/c1-2-3-4-5-6-9-14-26-15-10-11-17(16-26)28-19-13-8-7-12-18(19)24-25-21(27)20(22)23/h7-8,10-13,15-16,20,24H,2-6,9,14H2,1H3/p+1. The highest BCUT2D eigenvalue weighted by molar-refractivity contribution is 7.99. The van der Waals surface area contributed by atoms with Crippen LogP contribution in [0.4, 0.5) is 14.5 Å². The van der Waals surface area contributed by atoms with Crippen molar-refractivity contribution in [1.29, 1.82) is 0 Å². The predicted molar refractivity (Wildman–Crippen MR) is 108 cm³/mol. The topological polar surface area (TPSA) is 45.0 Å². The lowest BCUT2D eigenvalue weighted by Gasteiger charge is -2.12. The number of nitrogens with zero attached hydrogens (tertiary/aromatic N) is 1. The monoisotopic (exact) mass is 408 g/mol. The number of carbonyl (C=O) groups excluding carboxylic acids is 1. The van der Waals surface area contributed by atoms with Gasteiger partial charge in [-0.3, -0.25) is 15.6 Å². The minimum absolute atomic E-state index is 0.577.